The number of nitrogens with two attached hydrogens (primary N) is 1. The van der Waals surface area contributed by atoms with Gasteiger partial charge in [0.25, 0.3) is 5.91 Å². The summed E-state index contributed by atoms with van der Waals surface area (Å²) in [6.07, 6.45) is 0. The van der Waals surface area contributed by atoms with Gasteiger partial charge in [-0.3, -0.25) is 4.79 Å². The Morgan fingerprint density at radius 2 is 1.78 bits per heavy atom. The van der Waals surface area contributed by atoms with Gasteiger partial charge in [0.1, 0.15) is 0 Å². The van der Waals surface area contributed by atoms with Crippen LogP contribution in [0, 0.1) is 0 Å². The van der Waals surface area contributed by atoms with Crippen molar-refractivity contribution >= 4 is 49.1 Å². The zero-order chi connectivity index (χ0) is 13.1. The number of halogens is 2. The molecule has 2 aromatic rings. The van der Waals surface area contributed by atoms with Crippen LogP contribution >= 0.6 is 31.9 Å². The van der Waals surface area contributed by atoms with Crippen molar-refractivity contribution in [3.63, 3.8) is 0 Å². The van der Waals surface area contributed by atoms with Crippen molar-refractivity contribution in [2.75, 3.05) is 11.1 Å². The van der Waals surface area contributed by atoms with E-state index in [0.717, 1.165) is 8.95 Å². The molecule has 0 heterocycles. The molecular weight excluding hydrogens is 360 g/mol. The lowest BCUT2D eigenvalue weighted by molar-refractivity contribution is 0.102. The number of nitrogens with one attached hydrogen (secondary N) is 1. The van der Waals surface area contributed by atoms with E-state index in [9.17, 15) is 4.79 Å². The van der Waals surface area contributed by atoms with Crippen molar-refractivity contribution in [2.45, 2.75) is 0 Å². The average molecular weight is 370 g/mol. The van der Waals surface area contributed by atoms with Crippen molar-refractivity contribution in [3.05, 3.63) is 57.0 Å². The summed E-state index contributed by atoms with van der Waals surface area (Å²) in [5.41, 5.74) is 7.40. The van der Waals surface area contributed by atoms with E-state index in [-0.39, 0.29) is 5.91 Å². The Balaban J connectivity index is 2.24. The van der Waals surface area contributed by atoms with Crippen LogP contribution in [0.25, 0.3) is 0 Å². The molecule has 0 radical (unpaired) electrons. The van der Waals surface area contributed by atoms with Crippen molar-refractivity contribution in [3.8, 4) is 0 Å². The second-order valence-corrected chi connectivity index (χ2v) is 5.53. The van der Waals surface area contributed by atoms with Crippen molar-refractivity contribution in [1.29, 1.82) is 0 Å². The zero-order valence-electron chi connectivity index (χ0n) is 9.28. The van der Waals surface area contributed by atoms with Gasteiger partial charge in [-0.2, -0.15) is 0 Å². The van der Waals surface area contributed by atoms with E-state index in [0.29, 0.717) is 16.9 Å². The van der Waals surface area contributed by atoms with Gasteiger partial charge in [-0.1, -0.05) is 37.9 Å². The monoisotopic (exact) mass is 368 g/mol. The van der Waals surface area contributed by atoms with Crippen LogP contribution in [0.5, 0.6) is 0 Å². The first kappa shape index (κ1) is 13.1. The number of amides is 1. The molecule has 0 aliphatic heterocycles. The molecule has 0 unspecified atom stereocenters. The number of hydrogen-bond acceptors (Lipinski definition) is 2. The molecule has 92 valence electrons. The van der Waals surface area contributed by atoms with E-state index in [1.165, 1.54) is 0 Å². The topological polar surface area (TPSA) is 55.1 Å². The molecule has 2 aromatic carbocycles. The Kier molecular flexibility index (Phi) is 4.04. The van der Waals surface area contributed by atoms with Crippen molar-refractivity contribution < 1.29 is 4.79 Å². The van der Waals surface area contributed by atoms with E-state index in [1.807, 2.05) is 24.3 Å². The van der Waals surface area contributed by atoms with Gasteiger partial charge in [0.15, 0.2) is 0 Å². The number of nitrogen functional groups attached to an aromatic ring is 1. The first-order chi connectivity index (χ1) is 8.56. The fourth-order valence-corrected chi connectivity index (χ4v) is 2.25. The summed E-state index contributed by atoms with van der Waals surface area (Å²) in [6, 6.07) is 12.6. The highest BCUT2D eigenvalue weighted by molar-refractivity contribution is 9.10. The van der Waals surface area contributed by atoms with E-state index in [4.69, 9.17) is 5.73 Å². The summed E-state index contributed by atoms with van der Waals surface area (Å²) in [6.45, 7) is 0. The van der Waals surface area contributed by atoms with Crippen LogP contribution in [0.3, 0.4) is 0 Å². The Morgan fingerprint density at radius 1 is 1.06 bits per heavy atom. The summed E-state index contributed by atoms with van der Waals surface area (Å²) < 4.78 is 1.72. The van der Waals surface area contributed by atoms with Gasteiger partial charge >= 0.3 is 0 Å². The maximum absolute atomic E-state index is 12.1. The van der Waals surface area contributed by atoms with E-state index in [1.54, 1.807) is 18.2 Å². The number of benzene rings is 2. The third kappa shape index (κ3) is 3.11. The Morgan fingerprint density at radius 3 is 2.50 bits per heavy atom. The number of anilines is 2. The fraction of sp³-hybridized carbons (Fsp3) is 0. The lowest BCUT2D eigenvalue weighted by Gasteiger charge is -2.08. The van der Waals surface area contributed by atoms with E-state index < -0.39 is 0 Å². The van der Waals surface area contributed by atoms with Crippen LogP contribution in [-0.4, -0.2) is 5.91 Å². The largest absolute Gasteiger partial charge is 0.398 e. The number of hydrogen-bond donors (Lipinski definition) is 2. The van der Waals surface area contributed by atoms with Crippen molar-refractivity contribution in [2.24, 2.45) is 0 Å². The average Bonchev–Trinajstić information content (AvgIpc) is 2.32. The van der Waals surface area contributed by atoms with Crippen molar-refractivity contribution in [1.82, 2.24) is 0 Å². The predicted molar refractivity (Wildman–Crippen MR) is 80.6 cm³/mol. The molecule has 5 heteroatoms. The maximum Gasteiger partial charge on any atom is 0.257 e. The molecule has 3 nitrogen and oxygen atoms in total. The van der Waals surface area contributed by atoms with Crippen LogP contribution in [0.1, 0.15) is 10.4 Å². The third-order valence-corrected chi connectivity index (χ3v) is 3.33. The summed E-state index contributed by atoms with van der Waals surface area (Å²) in [7, 11) is 0. The van der Waals surface area contributed by atoms with Gasteiger partial charge in [-0.15, -0.1) is 0 Å². The lowest BCUT2D eigenvalue weighted by atomic mass is 10.1. The molecule has 18 heavy (non-hydrogen) atoms. The fourth-order valence-electron chi connectivity index (χ4n) is 1.49. The van der Waals surface area contributed by atoms with Gasteiger partial charge in [0, 0.05) is 20.3 Å². The molecule has 0 spiro atoms. The summed E-state index contributed by atoms with van der Waals surface area (Å²) >= 11 is 6.67. The minimum absolute atomic E-state index is 0.230. The van der Waals surface area contributed by atoms with Crippen LogP contribution < -0.4 is 11.1 Å². The third-order valence-electron chi connectivity index (χ3n) is 2.34. The van der Waals surface area contributed by atoms with Crippen LogP contribution in [-0.2, 0) is 0 Å². The highest BCUT2D eigenvalue weighted by Gasteiger charge is 2.10. The Labute approximate surface area is 122 Å². The van der Waals surface area contributed by atoms with Gasteiger partial charge in [-0.25, -0.2) is 0 Å². The highest BCUT2D eigenvalue weighted by atomic mass is 79.9. The van der Waals surface area contributed by atoms with Gasteiger partial charge < -0.3 is 11.1 Å². The molecule has 0 fully saturated rings. The molecule has 0 saturated heterocycles. The molecule has 0 aliphatic carbocycles. The molecule has 0 bridgehead atoms. The normalized spacial score (nSPS) is 10.1. The highest BCUT2D eigenvalue weighted by Crippen LogP contribution is 2.21. The minimum Gasteiger partial charge on any atom is -0.398 e. The first-order valence-electron chi connectivity index (χ1n) is 5.18. The standard InChI is InChI=1S/C13H10Br2N2O/c14-8-2-1-3-10(6-8)17-13(18)11-7-9(15)4-5-12(11)16/h1-7H,16H2,(H,17,18). The molecule has 0 aromatic heterocycles. The molecule has 0 saturated carbocycles. The second-order valence-electron chi connectivity index (χ2n) is 3.70. The number of rotatable bonds is 2. The number of carbonyl (C=O) groups is 1. The second kappa shape index (κ2) is 5.54. The van der Waals surface area contributed by atoms with Crippen LogP contribution in [0.15, 0.2) is 51.4 Å². The van der Waals surface area contributed by atoms with E-state index >= 15 is 0 Å². The summed E-state index contributed by atoms with van der Waals surface area (Å²) in [5, 5.41) is 2.80. The Bertz CT molecular complexity index is 599. The maximum atomic E-state index is 12.1. The molecule has 0 aliphatic rings. The molecule has 1 amide bonds. The smallest absolute Gasteiger partial charge is 0.257 e. The van der Waals surface area contributed by atoms with Gasteiger partial charge in [-0.05, 0) is 36.4 Å². The van der Waals surface area contributed by atoms with Gasteiger partial charge in [0.05, 0.1) is 5.56 Å². The molecule has 3 N–H and O–H groups in total. The van der Waals surface area contributed by atoms with E-state index in [2.05, 4.69) is 37.2 Å². The molecule has 2 rings (SSSR count). The Hall–Kier alpha value is -1.33. The zero-order valence-corrected chi connectivity index (χ0v) is 12.5. The summed E-state index contributed by atoms with van der Waals surface area (Å²) in [4.78, 5) is 12.1. The predicted octanol–water partition coefficient (Wildman–Crippen LogP) is 4.05. The van der Waals surface area contributed by atoms with Crippen LogP contribution in [0.2, 0.25) is 0 Å². The van der Waals surface area contributed by atoms with Crippen LogP contribution in [0.4, 0.5) is 11.4 Å². The lowest BCUT2D eigenvalue weighted by Crippen LogP contribution is -2.14. The number of carbonyl (C=O) groups excluding carboxylic acids is 1. The first-order valence-corrected chi connectivity index (χ1v) is 6.77. The quantitative estimate of drug-likeness (QED) is 0.784. The van der Waals surface area contributed by atoms with Gasteiger partial charge in [0.2, 0.25) is 0 Å². The SMILES string of the molecule is Nc1ccc(Br)cc1C(=O)Nc1cccc(Br)c1. The molecular formula is C13H10Br2N2O. The molecule has 0 atom stereocenters. The summed E-state index contributed by atoms with van der Waals surface area (Å²) in [5.74, 6) is -0.230. The minimum atomic E-state index is -0.230.